The van der Waals surface area contributed by atoms with Gasteiger partial charge in [-0.3, -0.25) is 0 Å². The van der Waals surface area contributed by atoms with Crippen molar-refractivity contribution in [2.24, 2.45) is 4.99 Å². The van der Waals surface area contributed by atoms with Gasteiger partial charge in [-0.15, -0.1) is 0 Å². The van der Waals surface area contributed by atoms with Crippen molar-refractivity contribution < 1.29 is 13.9 Å². The summed E-state index contributed by atoms with van der Waals surface area (Å²) in [7, 11) is 0. The van der Waals surface area contributed by atoms with Crippen molar-refractivity contribution in [3.8, 4) is 0 Å². The van der Waals surface area contributed by atoms with Crippen LogP contribution in [0.5, 0.6) is 0 Å². The molecule has 0 aromatic heterocycles. The topological polar surface area (TPSA) is 38.7 Å². The van der Waals surface area contributed by atoms with E-state index in [0.29, 0.717) is 5.56 Å². The monoisotopic (exact) mass is 295 g/mol. The largest absolute Gasteiger partial charge is 0.402 e. The molecule has 0 N–H and O–H groups in total. The zero-order chi connectivity index (χ0) is 15.7. The molecule has 3 nitrogen and oxygen atoms in total. The molecule has 0 radical (unpaired) electrons. The molecule has 0 fully saturated rings. The highest BCUT2D eigenvalue weighted by Crippen LogP contribution is 2.21. The van der Waals surface area contributed by atoms with E-state index in [1.165, 1.54) is 12.1 Å². The standard InChI is InChI=1S/C18H14FNO2/c1-11-6-7-12(2)14(8-11)10-16-18(21)22-17(20-16)13-4-3-5-15(19)9-13/h3-10H,1-2H3/b16-10-. The molecule has 0 atom stereocenters. The molecule has 0 spiro atoms. The average Bonchev–Trinajstić information content (AvgIpc) is 2.84. The summed E-state index contributed by atoms with van der Waals surface area (Å²) in [5.74, 6) is -0.801. The number of aliphatic imine (C=N–C) groups is 1. The number of cyclic esters (lactones) is 1. The fraction of sp³-hybridized carbons (Fsp3) is 0.111. The number of aryl methyl sites for hydroxylation is 2. The number of halogens is 1. The Balaban J connectivity index is 1.99. The molecule has 0 bridgehead atoms. The summed E-state index contributed by atoms with van der Waals surface area (Å²) in [5.41, 5.74) is 3.71. The maximum Gasteiger partial charge on any atom is 0.363 e. The number of benzene rings is 2. The van der Waals surface area contributed by atoms with Crippen molar-refractivity contribution in [2.45, 2.75) is 13.8 Å². The molecule has 2 aromatic carbocycles. The van der Waals surface area contributed by atoms with E-state index in [1.54, 1.807) is 18.2 Å². The van der Waals surface area contributed by atoms with Gasteiger partial charge < -0.3 is 4.74 Å². The van der Waals surface area contributed by atoms with Crippen LogP contribution in [0.15, 0.2) is 53.2 Å². The number of nitrogens with zero attached hydrogens (tertiary/aromatic N) is 1. The van der Waals surface area contributed by atoms with Gasteiger partial charge in [-0.1, -0.05) is 29.8 Å². The SMILES string of the molecule is Cc1ccc(C)c(/C=C2\N=C(c3cccc(F)c3)OC2=O)c1. The van der Waals surface area contributed by atoms with Crippen molar-refractivity contribution in [3.63, 3.8) is 0 Å². The first-order chi connectivity index (χ1) is 10.5. The number of rotatable bonds is 2. The molecule has 0 aliphatic carbocycles. The van der Waals surface area contributed by atoms with E-state index in [0.717, 1.165) is 16.7 Å². The highest BCUT2D eigenvalue weighted by molar-refractivity contribution is 6.12. The Hall–Kier alpha value is -2.75. The molecule has 2 aromatic rings. The quantitative estimate of drug-likeness (QED) is 0.624. The van der Waals surface area contributed by atoms with Gasteiger partial charge >= 0.3 is 5.97 Å². The van der Waals surface area contributed by atoms with Gasteiger partial charge in [0.1, 0.15) is 5.82 Å². The molecule has 0 amide bonds. The summed E-state index contributed by atoms with van der Waals surface area (Å²) in [6.45, 7) is 3.94. The number of carbonyl (C=O) groups is 1. The first-order valence-corrected chi connectivity index (χ1v) is 6.89. The van der Waals surface area contributed by atoms with Crippen molar-refractivity contribution in [2.75, 3.05) is 0 Å². The normalized spacial score (nSPS) is 15.9. The van der Waals surface area contributed by atoms with E-state index < -0.39 is 11.8 Å². The van der Waals surface area contributed by atoms with Gasteiger partial charge in [-0.05, 0) is 49.2 Å². The third kappa shape index (κ3) is 2.81. The second-order valence-electron chi connectivity index (χ2n) is 5.21. The molecule has 0 saturated heterocycles. The minimum Gasteiger partial charge on any atom is -0.402 e. The Bertz CT molecular complexity index is 822. The molecule has 0 unspecified atom stereocenters. The fourth-order valence-electron chi connectivity index (χ4n) is 2.22. The third-order valence-electron chi connectivity index (χ3n) is 3.42. The van der Waals surface area contributed by atoms with E-state index in [2.05, 4.69) is 4.99 Å². The molecule has 22 heavy (non-hydrogen) atoms. The van der Waals surface area contributed by atoms with Crippen molar-refractivity contribution >= 4 is 17.9 Å². The molecule has 1 aliphatic rings. The lowest BCUT2D eigenvalue weighted by Gasteiger charge is -2.01. The van der Waals surface area contributed by atoms with Crippen LogP contribution in [0.3, 0.4) is 0 Å². The Morgan fingerprint density at radius 1 is 1.14 bits per heavy atom. The molecular weight excluding hydrogens is 281 g/mol. The van der Waals surface area contributed by atoms with Gasteiger partial charge in [0.05, 0.1) is 0 Å². The average molecular weight is 295 g/mol. The predicted molar refractivity (Wildman–Crippen MR) is 82.9 cm³/mol. The highest BCUT2D eigenvalue weighted by Gasteiger charge is 2.24. The second kappa shape index (κ2) is 5.56. The van der Waals surface area contributed by atoms with Crippen LogP contribution >= 0.6 is 0 Å². The first kappa shape index (κ1) is 14.2. The Morgan fingerprint density at radius 2 is 1.95 bits per heavy atom. The van der Waals surface area contributed by atoms with Crippen LogP contribution < -0.4 is 0 Å². The number of ether oxygens (including phenoxy) is 1. The lowest BCUT2D eigenvalue weighted by Crippen LogP contribution is -2.05. The Morgan fingerprint density at radius 3 is 2.73 bits per heavy atom. The summed E-state index contributed by atoms with van der Waals surface area (Å²) in [6, 6.07) is 11.8. The first-order valence-electron chi connectivity index (χ1n) is 6.89. The van der Waals surface area contributed by atoms with E-state index in [9.17, 15) is 9.18 Å². The van der Waals surface area contributed by atoms with Crippen LogP contribution in [0, 0.1) is 19.7 Å². The van der Waals surface area contributed by atoms with Gasteiger partial charge in [-0.25, -0.2) is 14.2 Å². The summed E-state index contributed by atoms with van der Waals surface area (Å²) >= 11 is 0. The zero-order valence-electron chi connectivity index (χ0n) is 12.3. The highest BCUT2D eigenvalue weighted by atomic mass is 19.1. The van der Waals surface area contributed by atoms with Crippen LogP contribution in [0.4, 0.5) is 4.39 Å². The number of hydrogen-bond donors (Lipinski definition) is 0. The summed E-state index contributed by atoms with van der Waals surface area (Å²) < 4.78 is 18.4. The summed E-state index contributed by atoms with van der Waals surface area (Å²) in [4.78, 5) is 16.1. The van der Waals surface area contributed by atoms with Crippen LogP contribution in [0.2, 0.25) is 0 Å². The van der Waals surface area contributed by atoms with Gasteiger partial charge in [0.25, 0.3) is 0 Å². The molecule has 1 aliphatic heterocycles. The van der Waals surface area contributed by atoms with Crippen molar-refractivity contribution in [1.82, 2.24) is 0 Å². The van der Waals surface area contributed by atoms with E-state index in [-0.39, 0.29) is 11.6 Å². The van der Waals surface area contributed by atoms with Crippen molar-refractivity contribution in [1.29, 1.82) is 0 Å². The van der Waals surface area contributed by atoms with Crippen LogP contribution in [0.1, 0.15) is 22.3 Å². The fourth-order valence-corrected chi connectivity index (χ4v) is 2.22. The number of hydrogen-bond acceptors (Lipinski definition) is 3. The van der Waals surface area contributed by atoms with Gasteiger partial charge in [0.15, 0.2) is 5.70 Å². The van der Waals surface area contributed by atoms with E-state index in [4.69, 9.17) is 4.74 Å². The lowest BCUT2D eigenvalue weighted by atomic mass is 10.0. The molecule has 4 heteroatoms. The minimum atomic E-state index is -0.528. The smallest absolute Gasteiger partial charge is 0.363 e. The van der Waals surface area contributed by atoms with Gasteiger partial charge in [0, 0.05) is 5.56 Å². The van der Waals surface area contributed by atoms with Crippen LogP contribution in [-0.4, -0.2) is 11.9 Å². The molecule has 110 valence electrons. The molecular formula is C18H14FNO2. The lowest BCUT2D eigenvalue weighted by molar-refractivity contribution is -0.129. The van der Waals surface area contributed by atoms with Gasteiger partial charge in [-0.2, -0.15) is 0 Å². The summed E-state index contributed by atoms with van der Waals surface area (Å²) in [5, 5.41) is 0. The van der Waals surface area contributed by atoms with E-state index in [1.807, 2.05) is 32.0 Å². The Kier molecular flexibility index (Phi) is 3.59. The maximum absolute atomic E-state index is 13.2. The van der Waals surface area contributed by atoms with Crippen LogP contribution in [0.25, 0.3) is 6.08 Å². The zero-order valence-corrected chi connectivity index (χ0v) is 12.3. The third-order valence-corrected chi connectivity index (χ3v) is 3.42. The van der Waals surface area contributed by atoms with Gasteiger partial charge in [0.2, 0.25) is 5.90 Å². The van der Waals surface area contributed by atoms with Crippen LogP contribution in [-0.2, 0) is 9.53 Å². The molecule has 0 saturated carbocycles. The molecule has 3 rings (SSSR count). The minimum absolute atomic E-state index is 0.126. The number of esters is 1. The van der Waals surface area contributed by atoms with Crippen molar-refractivity contribution in [3.05, 3.63) is 76.2 Å². The Labute approximate surface area is 127 Å². The predicted octanol–water partition coefficient (Wildman–Crippen LogP) is 3.79. The van der Waals surface area contributed by atoms with E-state index >= 15 is 0 Å². The maximum atomic E-state index is 13.2. The second-order valence-corrected chi connectivity index (χ2v) is 5.21. The summed E-state index contributed by atoms with van der Waals surface area (Å²) in [6.07, 6.45) is 1.69. The number of carbonyl (C=O) groups excluding carboxylic acids is 1. The molecule has 1 heterocycles.